The van der Waals surface area contributed by atoms with Gasteiger partial charge in [-0.05, 0) is 48.9 Å². The van der Waals surface area contributed by atoms with Gasteiger partial charge in [0.2, 0.25) is 5.91 Å². The summed E-state index contributed by atoms with van der Waals surface area (Å²) in [5.41, 5.74) is 1.71. The maximum Gasteiger partial charge on any atom is 0.255 e. The Morgan fingerprint density at radius 2 is 1.67 bits per heavy atom. The molecule has 0 radical (unpaired) electrons. The summed E-state index contributed by atoms with van der Waals surface area (Å²) in [5, 5.41) is 5.52. The number of ether oxygens (including phenoxy) is 2. The fourth-order valence-corrected chi connectivity index (χ4v) is 2.45. The molecular weight excluding hydrogens is 344 g/mol. The van der Waals surface area contributed by atoms with Gasteiger partial charge in [0, 0.05) is 24.0 Å². The number of hydrogen-bond acceptors (Lipinski definition) is 4. The molecule has 144 valence electrons. The Kier molecular flexibility index (Phi) is 8.32. The third-order valence-electron chi connectivity index (χ3n) is 3.81. The molecule has 6 nitrogen and oxygen atoms in total. The van der Waals surface area contributed by atoms with E-state index >= 15 is 0 Å². The Morgan fingerprint density at radius 1 is 0.963 bits per heavy atom. The van der Waals surface area contributed by atoms with Crippen molar-refractivity contribution >= 4 is 23.2 Å². The van der Waals surface area contributed by atoms with Gasteiger partial charge in [0.05, 0.1) is 6.61 Å². The molecule has 0 aliphatic heterocycles. The van der Waals surface area contributed by atoms with Crippen LogP contribution >= 0.6 is 0 Å². The van der Waals surface area contributed by atoms with Crippen LogP contribution in [0.2, 0.25) is 0 Å². The van der Waals surface area contributed by atoms with Gasteiger partial charge in [-0.15, -0.1) is 0 Å². The van der Waals surface area contributed by atoms with Crippen LogP contribution in [-0.4, -0.2) is 32.1 Å². The summed E-state index contributed by atoms with van der Waals surface area (Å²) in [6, 6.07) is 14.0. The van der Waals surface area contributed by atoms with E-state index in [4.69, 9.17) is 9.47 Å². The number of anilines is 2. The zero-order chi connectivity index (χ0) is 19.5. The van der Waals surface area contributed by atoms with Gasteiger partial charge in [0.25, 0.3) is 5.91 Å². The predicted molar refractivity (Wildman–Crippen MR) is 106 cm³/mol. The van der Waals surface area contributed by atoms with Crippen molar-refractivity contribution in [1.29, 1.82) is 0 Å². The molecule has 0 heterocycles. The number of carbonyl (C=O) groups is 2. The second-order valence-electron chi connectivity index (χ2n) is 6.10. The van der Waals surface area contributed by atoms with Crippen LogP contribution in [0.1, 0.15) is 36.5 Å². The topological polar surface area (TPSA) is 76.7 Å². The van der Waals surface area contributed by atoms with Gasteiger partial charge in [0.1, 0.15) is 12.4 Å². The molecule has 0 fully saturated rings. The molecule has 6 heteroatoms. The van der Waals surface area contributed by atoms with E-state index in [1.165, 1.54) is 7.11 Å². The number of methoxy groups -OCH3 is 1. The van der Waals surface area contributed by atoms with Crippen molar-refractivity contribution in [2.75, 3.05) is 31.0 Å². The fraction of sp³-hybridized carbons (Fsp3) is 0.333. The summed E-state index contributed by atoms with van der Waals surface area (Å²) >= 11 is 0. The molecular formula is C21H26N2O4. The van der Waals surface area contributed by atoms with Gasteiger partial charge in [-0.3, -0.25) is 9.59 Å². The van der Waals surface area contributed by atoms with E-state index in [2.05, 4.69) is 17.6 Å². The number of unbranched alkanes of at least 4 members (excludes halogenated alkanes) is 2. The molecule has 27 heavy (non-hydrogen) atoms. The lowest BCUT2D eigenvalue weighted by Gasteiger charge is -2.10. The van der Waals surface area contributed by atoms with Crippen LogP contribution in [0.5, 0.6) is 5.75 Å². The van der Waals surface area contributed by atoms with E-state index in [-0.39, 0.29) is 18.4 Å². The van der Waals surface area contributed by atoms with Crippen molar-refractivity contribution in [3.05, 3.63) is 54.1 Å². The number of nitrogens with one attached hydrogen (secondary N) is 2. The van der Waals surface area contributed by atoms with E-state index in [0.29, 0.717) is 23.5 Å². The van der Waals surface area contributed by atoms with Crippen LogP contribution < -0.4 is 15.4 Å². The van der Waals surface area contributed by atoms with Gasteiger partial charge < -0.3 is 20.1 Å². The average Bonchev–Trinajstić information content (AvgIpc) is 2.66. The van der Waals surface area contributed by atoms with Gasteiger partial charge in [-0.2, -0.15) is 0 Å². The van der Waals surface area contributed by atoms with Gasteiger partial charge in [0.15, 0.2) is 0 Å². The highest BCUT2D eigenvalue weighted by atomic mass is 16.5. The minimum atomic E-state index is -0.254. The van der Waals surface area contributed by atoms with Crippen LogP contribution in [0, 0.1) is 0 Å². The van der Waals surface area contributed by atoms with Crippen molar-refractivity contribution in [3.8, 4) is 5.75 Å². The summed E-state index contributed by atoms with van der Waals surface area (Å²) < 4.78 is 10.4. The Hall–Kier alpha value is -2.86. The maximum absolute atomic E-state index is 12.4. The minimum Gasteiger partial charge on any atom is -0.494 e. The molecule has 0 saturated heterocycles. The van der Waals surface area contributed by atoms with Crippen molar-refractivity contribution in [3.63, 3.8) is 0 Å². The first kappa shape index (κ1) is 20.5. The molecule has 0 aliphatic rings. The van der Waals surface area contributed by atoms with Crippen molar-refractivity contribution in [1.82, 2.24) is 0 Å². The van der Waals surface area contributed by atoms with Gasteiger partial charge in [-0.25, -0.2) is 0 Å². The molecule has 0 atom stereocenters. The highest BCUT2D eigenvalue weighted by molar-refractivity contribution is 6.04. The molecule has 2 rings (SSSR count). The normalized spacial score (nSPS) is 10.3. The summed E-state index contributed by atoms with van der Waals surface area (Å²) in [6.45, 7) is 2.81. The maximum atomic E-state index is 12.4. The van der Waals surface area contributed by atoms with E-state index in [0.717, 1.165) is 25.0 Å². The van der Waals surface area contributed by atoms with E-state index < -0.39 is 0 Å². The number of carbonyl (C=O) groups excluding carboxylic acids is 2. The molecule has 2 N–H and O–H groups in total. The van der Waals surface area contributed by atoms with Crippen LogP contribution in [0.15, 0.2) is 48.5 Å². The van der Waals surface area contributed by atoms with Crippen molar-refractivity contribution in [2.45, 2.75) is 26.2 Å². The van der Waals surface area contributed by atoms with Crippen molar-refractivity contribution < 1.29 is 19.1 Å². The average molecular weight is 370 g/mol. The zero-order valence-electron chi connectivity index (χ0n) is 15.8. The van der Waals surface area contributed by atoms with Gasteiger partial charge in [-0.1, -0.05) is 25.8 Å². The number of rotatable bonds is 10. The summed E-state index contributed by atoms with van der Waals surface area (Å²) in [5.74, 6) is 0.272. The third kappa shape index (κ3) is 7.11. The Labute approximate surface area is 159 Å². The molecule has 2 aromatic rings. The molecule has 0 unspecified atom stereocenters. The summed E-state index contributed by atoms with van der Waals surface area (Å²) in [6.07, 6.45) is 3.32. The number of benzene rings is 2. The van der Waals surface area contributed by atoms with E-state index in [1.54, 1.807) is 48.5 Å². The minimum absolute atomic E-state index is 0.0244. The molecule has 0 aliphatic carbocycles. The number of hydrogen-bond donors (Lipinski definition) is 2. The second-order valence-corrected chi connectivity index (χ2v) is 6.10. The monoisotopic (exact) mass is 370 g/mol. The lowest BCUT2D eigenvalue weighted by Crippen LogP contribution is -2.17. The van der Waals surface area contributed by atoms with E-state index in [9.17, 15) is 9.59 Å². The largest absolute Gasteiger partial charge is 0.494 e. The zero-order valence-corrected chi connectivity index (χ0v) is 15.8. The molecule has 2 amide bonds. The SMILES string of the molecule is CCCCCOc1ccc(C(=O)Nc2cccc(NC(=O)COC)c2)cc1. The second kappa shape index (κ2) is 11.0. The van der Waals surface area contributed by atoms with Gasteiger partial charge >= 0.3 is 0 Å². The number of amides is 2. The molecule has 0 saturated carbocycles. The Bertz CT molecular complexity index is 744. The fourth-order valence-electron chi connectivity index (χ4n) is 2.45. The quantitative estimate of drug-likeness (QED) is 0.618. The summed E-state index contributed by atoms with van der Waals surface area (Å²) in [7, 11) is 1.46. The first-order chi connectivity index (χ1) is 13.1. The highest BCUT2D eigenvalue weighted by Crippen LogP contribution is 2.18. The predicted octanol–water partition coefficient (Wildman–Crippen LogP) is 4.09. The first-order valence-electron chi connectivity index (χ1n) is 9.05. The third-order valence-corrected chi connectivity index (χ3v) is 3.81. The smallest absolute Gasteiger partial charge is 0.255 e. The lowest BCUT2D eigenvalue weighted by atomic mass is 10.2. The standard InChI is InChI=1S/C21H26N2O4/c1-3-4-5-13-27-19-11-9-16(10-12-19)21(25)23-18-8-6-7-17(14-18)22-20(24)15-26-2/h6-12,14H,3-5,13,15H2,1-2H3,(H,22,24)(H,23,25). The lowest BCUT2D eigenvalue weighted by molar-refractivity contribution is -0.119. The van der Waals surface area contributed by atoms with Crippen LogP contribution in [-0.2, 0) is 9.53 Å². The van der Waals surface area contributed by atoms with Crippen molar-refractivity contribution in [2.24, 2.45) is 0 Å². The first-order valence-corrected chi connectivity index (χ1v) is 9.05. The summed E-state index contributed by atoms with van der Waals surface area (Å²) in [4.78, 5) is 24.0. The molecule has 2 aromatic carbocycles. The molecule has 0 aromatic heterocycles. The molecule has 0 bridgehead atoms. The van der Waals surface area contributed by atoms with E-state index in [1.807, 2.05) is 0 Å². The van der Waals surface area contributed by atoms with Crippen LogP contribution in [0.3, 0.4) is 0 Å². The van der Waals surface area contributed by atoms with Crippen LogP contribution in [0.25, 0.3) is 0 Å². The Balaban J connectivity index is 1.91. The highest BCUT2D eigenvalue weighted by Gasteiger charge is 2.08. The Morgan fingerprint density at radius 3 is 2.33 bits per heavy atom. The van der Waals surface area contributed by atoms with Crippen LogP contribution in [0.4, 0.5) is 11.4 Å². The molecule has 0 spiro atoms.